The van der Waals surface area contributed by atoms with Gasteiger partial charge in [-0.15, -0.1) is 0 Å². The van der Waals surface area contributed by atoms with E-state index in [4.69, 9.17) is 11.5 Å². The van der Waals surface area contributed by atoms with Crippen LogP contribution in [-0.2, 0) is 0 Å². The van der Waals surface area contributed by atoms with Crippen LogP contribution in [0, 0.1) is 0 Å². The van der Waals surface area contributed by atoms with Gasteiger partial charge in [-0.05, 0) is 0 Å². The van der Waals surface area contributed by atoms with E-state index in [9.17, 15) is 0 Å². The van der Waals surface area contributed by atoms with E-state index in [0.717, 1.165) is 13.1 Å². The maximum atomic E-state index is 5.34. The highest BCUT2D eigenvalue weighted by molar-refractivity contribution is 4.78. The molecule has 0 aromatic rings. The van der Waals surface area contributed by atoms with Gasteiger partial charge in [0.2, 0.25) is 0 Å². The Balaban J connectivity index is 3.24. The highest BCUT2D eigenvalue weighted by Gasteiger charge is 1.84. The van der Waals surface area contributed by atoms with Gasteiger partial charge < -0.3 is 21.7 Å². The Morgan fingerprint density at radius 2 is 2.09 bits per heavy atom. The molecule has 0 radical (unpaired) electrons. The molecule has 0 fully saturated rings. The van der Waals surface area contributed by atoms with Crippen molar-refractivity contribution in [2.45, 2.75) is 0 Å². The first-order valence-corrected chi connectivity index (χ1v) is 3.81. The molecular formula is C7H18N4. The molecule has 66 valence electrons. The van der Waals surface area contributed by atoms with Crippen molar-refractivity contribution in [1.82, 2.24) is 10.2 Å². The topological polar surface area (TPSA) is 67.3 Å². The second-order valence-electron chi connectivity index (χ2n) is 2.33. The molecule has 0 aliphatic rings. The number of likely N-dealkylation sites (N-methyl/N-ethyl adjacent to an activating group) is 1. The number of nitrogens with two attached hydrogens (primary N) is 2. The maximum absolute atomic E-state index is 5.34. The monoisotopic (exact) mass is 158 g/mol. The molecule has 0 aliphatic heterocycles. The van der Waals surface area contributed by atoms with Crippen molar-refractivity contribution >= 4 is 0 Å². The predicted octanol–water partition coefficient (Wildman–Crippen LogP) is -1.10. The van der Waals surface area contributed by atoms with Crippen LogP contribution in [0.3, 0.4) is 0 Å². The molecule has 0 saturated carbocycles. The van der Waals surface area contributed by atoms with Crippen LogP contribution < -0.4 is 16.8 Å². The Morgan fingerprint density at radius 1 is 1.36 bits per heavy atom. The Labute approximate surface area is 68.2 Å². The first-order valence-electron chi connectivity index (χ1n) is 3.81. The largest absolute Gasteiger partial charge is 0.388 e. The standard InChI is InChI=1S/C7H18N4/c1-11(6-3-9)7-5-10-4-2-8/h5,7,10H,2-4,6,8-9H2,1H3/b7-5+. The highest BCUT2D eigenvalue weighted by Crippen LogP contribution is 1.79. The Kier molecular flexibility index (Phi) is 6.87. The van der Waals surface area contributed by atoms with Crippen molar-refractivity contribution in [3.8, 4) is 0 Å². The third-order valence-electron chi connectivity index (χ3n) is 1.22. The zero-order valence-electron chi connectivity index (χ0n) is 7.09. The average Bonchev–Trinajstić information content (AvgIpc) is 1.99. The summed E-state index contributed by atoms with van der Waals surface area (Å²) >= 11 is 0. The molecule has 0 aromatic carbocycles. The Hall–Kier alpha value is -0.740. The van der Waals surface area contributed by atoms with Crippen LogP contribution in [0.25, 0.3) is 0 Å². The molecule has 0 unspecified atom stereocenters. The molecule has 0 aromatic heterocycles. The second-order valence-corrected chi connectivity index (χ2v) is 2.33. The summed E-state index contributed by atoms with van der Waals surface area (Å²) in [4.78, 5) is 2.02. The Bertz CT molecular complexity index is 103. The van der Waals surface area contributed by atoms with Crippen LogP contribution in [0.4, 0.5) is 0 Å². The quantitative estimate of drug-likeness (QED) is 0.429. The minimum Gasteiger partial charge on any atom is -0.388 e. The fraction of sp³-hybridized carbons (Fsp3) is 0.714. The summed E-state index contributed by atoms with van der Waals surface area (Å²) < 4.78 is 0. The maximum Gasteiger partial charge on any atom is 0.0292 e. The van der Waals surface area contributed by atoms with Crippen molar-refractivity contribution in [2.24, 2.45) is 11.5 Å². The SMILES string of the molecule is CN(/C=C/NCCN)CCN. The van der Waals surface area contributed by atoms with E-state index in [-0.39, 0.29) is 0 Å². The van der Waals surface area contributed by atoms with Crippen LogP contribution in [0.15, 0.2) is 12.4 Å². The van der Waals surface area contributed by atoms with Crippen molar-refractivity contribution < 1.29 is 0 Å². The van der Waals surface area contributed by atoms with E-state index in [1.807, 2.05) is 24.3 Å². The van der Waals surface area contributed by atoms with Gasteiger partial charge in [0.05, 0.1) is 0 Å². The van der Waals surface area contributed by atoms with Gasteiger partial charge in [0.25, 0.3) is 0 Å². The average molecular weight is 158 g/mol. The van der Waals surface area contributed by atoms with E-state index in [2.05, 4.69) is 5.32 Å². The lowest BCUT2D eigenvalue weighted by molar-refractivity contribution is 0.464. The van der Waals surface area contributed by atoms with E-state index in [1.165, 1.54) is 0 Å². The number of rotatable bonds is 6. The molecular weight excluding hydrogens is 140 g/mol. The van der Waals surface area contributed by atoms with Crippen molar-refractivity contribution in [1.29, 1.82) is 0 Å². The van der Waals surface area contributed by atoms with Gasteiger partial charge in [-0.2, -0.15) is 0 Å². The molecule has 0 atom stereocenters. The van der Waals surface area contributed by atoms with E-state index in [0.29, 0.717) is 13.1 Å². The minimum absolute atomic E-state index is 0.658. The molecule has 4 heteroatoms. The molecule has 11 heavy (non-hydrogen) atoms. The van der Waals surface area contributed by atoms with Gasteiger partial charge in [0.1, 0.15) is 0 Å². The summed E-state index contributed by atoms with van der Waals surface area (Å²) in [6, 6.07) is 0. The molecule has 0 rings (SSSR count). The first-order chi connectivity index (χ1) is 5.31. The lowest BCUT2D eigenvalue weighted by atomic mass is 10.6. The molecule has 0 saturated heterocycles. The van der Waals surface area contributed by atoms with Crippen molar-refractivity contribution in [3.05, 3.63) is 12.4 Å². The van der Waals surface area contributed by atoms with E-state index < -0.39 is 0 Å². The zero-order chi connectivity index (χ0) is 8.53. The fourth-order valence-corrected chi connectivity index (χ4v) is 0.625. The molecule has 0 bridgehead atoms. The number of nitrogens with zero attached hydrogens (tertiary/aromatic N) is 1. The highest BCUT2D eigenvalue weighted by atomic mass is 15.1. The van der Waals surface area contributed by atoms with Crippen molar-refractivity contribution in [2.75, 3.05) is 33.2 Å². The van der Waals surface area contributed by atoms with Crippen LogP contribution >= 0.6 is 0 Å². The van der Waals surface area contributed by atoms with Crippen LogP contribution in [0.1, 0.15) is 0 Å². The van der Waals surface area contributed by atoms with E-state index >= 15 is 0 Å². The van der Waals surface area contributed by atoms with Gasteiger partial charge in [0.15, 0.2) is 0 Å². The lowest BCUT2D eigenvalue weighted by Gasteiger charge is -2.11. The Morgan fingerprint density at radius 3 is 2.64 bits per heavy atom. The summed E-state index contributed by atoms with van der Waals surface area (Å²) in [5.41, 5.74) is 10.6. The number of hydrogen-bond donors (Lipinski definition) is 3. The molecule has 0 aliphatic carbocycles. The summed E-state index contributed by atoms with van der Waals surface area (Å²) in [6.07, 6.45) is 3.82. The van der Waals surface area contributed by atoms with Crippen molar-refractivity contribution in [3.63, 3.8) is 0 Å². The van der Waals surface area contributed by atoms with Crippen LogP contribution in [0.2, 0.25) is 0 Å². The van der Waals surface area contributed by atoms with E-state index in [1.54, 1.807) is 0 Å². The molecule has 0 spiro atoms. The summed E-state index contributed by atoms with van der Waals surface area (Å²) in [6.45, 7) is 3.02. The smallest absolute Gasteiger partial charge is 0.0292 e. The number of nitrogens with one attached hydrogen (secondary N) is 1. The minimum atomic E-state index is 0.658. The van der Waals surface area contributed by atoms with Gasteiger partial charge in [-0.1, -0.05) is 0 Å². The van der Waals surface area contributed by atoms with Gasteiger partial charge in [-0.25, -0.2) is 0 Å². The molecule has 4 nitrogen and oxygen atoms in total. The lowest BCUT2D eigenvalue weighted by Crippen LogP contribution is -2.22. The first kappa shape index (κ1) is 10.3. The second kappa shape index (κ2) is 7.37. The fourth-order valence-electron chi connectivity index (χ4n) is 0.625. The summed E-state index contributed by atoms with van der Waals surface area (Å²) in [7, 11) is 1.98. The summed E-state index contributed by atoms with van der Waals surface area (Å²) in [5.74, 6) is 0. The zero-order valence-corrected chi connectivity index (χ0v) is 7.09. The third kappa shape index (κ3) is 7.15. The van der Waals surface area contributed by atoms with Gasteiger partial charge in [-0.3, -0.25) is 0 Å². The molecule has 0 amide bonds. The normalized spacial score (nSPS) is 10.5. The van der Waals surface area contributed by atoms with Gasteiger partial charge >= 0.3 is 0 Å². The van der Waals surface area contributed by atoms with Crippen LogP contribution in [0.5, 0.6) is 0 Å². The molecule has 0 heterocycles. The van der Waals surface area contributed by atoms with Crippen LogP contribution in [-0.4, -0.2) is 38.1 Å². The third-order valence-corrected chi connectivity index (χ3v) is 1.22. The number of hydrogen-bond acceptors (Lipinski definition) is 4. The summed E-state index contributed by atoms with van der Waals surface area (Å²) in [5, 5.41) is 3.04. The predicted molar refractivity (Wildman–Crippen MR) is 47.9 cm³/mol. The molecule has 5 N–H and O–H groups in total. The van der Waals surface area contributed by atoms with Gasteiger partial charge in [0, 0.05) is 45.6 Å².